The van der Waals surface area contributed by atoms with Gasteiger partial charge in [-0.05, 0) is 31.0 Å². The molecule has 0 aliphatic heterocycles. The summed E-state index contributed by atoms with van der Waals surface area (Å²) in [5.41, 5.74) is 2.87. The highest BCUT2D eigenvalue weighted by molar-refractivity contribution is 5.44. The van der Waals surface area contributed by atoms with Crippen molar-refractivity contribution in [2.45, 2.75) is 20.4 Å². The second-order valence-corrected chi connectivity index (χ2v) is 5.11. The molecule has 0 amide bonds. The number of aromatic nitrogens is 2. The third kappa shape index (κ3) is 3.52. The van der Waals surface area contributed by atoms with E-state index in [9.17, 15) is 9.90 Å². The molecule has 0 atom stereocenters. The maximum absolute atomic E-state index is 12.1. The average molecular weight is 303 g/mol. The SMILES string of the molecule is COCCNCc1nn(-c2cccc(C)c2C)c(=O)cc1O. The van der Waals surface area contributed by atoms with Gasteiger partial charge in [0.25, 0.3) is 5.56 Å². The predicted molar refractivity (Wildman–Crippen MR) is 84.6 cm³/mol. The van der Waals surface area contributed by atoms with E-state index in [2.05, 4.69) is 10.4 Å². The molecule has 6 nitrogen and oxygen atoms in total. The van der Waals surface area contributed by atoms with Crippen LogP contribution in [0.15, 0.2) is 29.1 Å². The van der Waals surface area contributed by atoms with Crippen molar-refractivity contribution in [1.82, 2.24) is 15.1 Å². The molecule has 0 bridgehead atoms. The Morgan fingerprint density at radius 3 is 2.86 bits per heavy atom. The van der Waals surface area contributed by atoms with Crippen molar-refractivity contribution in [2.75, 3.05) is 20.3 Å². The molecule has 0 saturated carbocycles. The molecule has 1 heterocycles. The number of rotatable bonds is 6. The summed E-state index contributed by atoms with van der Waals surface area (Å²) in [4.78, 5) is 12.1. The van der Waals surface area contributed by atoms with Crippen LogP contribution >= 0.6 is 0 Å². The summed E-state index contributed by atoms with van der Waals surface area (Å²) < 4.78 is 6.28. The molecule has 0 aliphatic rings. The van der Waals surface area contributed by atoms with Crippen LogP contribution in [0, 0.1) is 13.8 Å². The first-order valence-corrected chi connectivity index (χ1v) is 7.13. The molecule has 0 radical (unpaired) electrons. The zero-order valence-electron chi connectivity index (χ0n) is 13.1. The number of nitrogens with one attached hydrogen (secondary N) is 1. The summed E-state index contributed by atoms with van der Waals surface area (Å²) in [5.74, 6) is -0.100. The highest BCUT2D eigenvalue weighted by Gasteiger charge is 2.11. The van der Waals surface area contributed by atoms with Crippen LogP contribution in [0.25, 0.3) is 5.69 Å². The molecule has 0 aliphatic carbocycles. The van der Waals surface area contributed by atoms with E-state index in [0.29, 0.717) is 25.4 Å². The van der Waals surface area contributed by atoms with Gasteiger partial charge in [-0.25, -0.2) is 0 Å². The van der Waals surface area contributed by atoms with Gasteiger partial charge >= 0.3 is 0 Å². The van der Waals surface area contributed by atoms with Crippen LogP contribution in [0.1, 0.15) is 16.8 Å². The van der Waals surface area contributed by atoms with Crippen LogP contribution in [0.2, 0.25) is 0 Å². The standard InChI is InChI=1S/C16H21N3O3/c1-11-5-4-6-14(12(11)2)19-16(21)9-15(20)13(18-19)10-17-7-8-22-3/h4-6,9,17,20H,7-8,10H2,1-3H3. The molecule has 0 saturated heterocycles. The van der Waals surface area contributed by atoms with Crippen LogP contribution in [-0.2, 0) is 11.3 Å². The van der Waals surface area contributed by atoms with Gasteiger partial charge in [0.15, 0.2) is 0 Å². The van der Waals surface area contributed by atoms with E-state index < -0.39 is 0 Å². The fourth-order valence-electron chi connectivity index (χ4n) is 2.13. The minimum atomic E-state index is -0.355. The summed E-state index contributed by atoms with van der Waals surface area (Å²) in [7, 11) is 1.62. The number of hydrogen-bond donors (Lipinski definition) is 2. The van der Waals surface area contributed by atoms with Crippen molar-refractivity contribution < 1.29 is 9.84 Å². The van der Waals surface area contributed by atoms with Gasteiger partial charge in [0.05, 0.1) is 12.3 Å². The fourth-order valence-corrected chi connectivity index (χ4v) is 2.13. The highest BCUT2D eigenvalue weighted by atomic mass is 16.5. The molecule has 118 valence electrons. The summed E-state index contributed by atoms with van der Waals surface area (Å²) in [6.45, 7) is 5.50. The van der Waals surface area contributed by atoms with Gasteiger partial charge in [-0.1, -0.05) is 12.1 Å². The van der Waals surface area contributed by atoms with E-state index in [4.69, 9.17) is 4.74 Å². The molecular weight excluding hydrogens is 282 g/mol. The van der Waals surface area contributed by atoms with Gasteiger partial charge in [-0.2, -0.15) is 9.78 Å². The number of benzene rings is 1. The molecule has 0 unspecified atom stereocenters. The number of nitrogens with zero attached hydrogens (tertiary/aromatic N) is 2. The van der Waals surface area contributed by atoms with E-state index in [1.54, 1.807) is 7.11 Å². The molecule has 1 aromatic heterocycles. The van der Waals surface area contributed by atoms with Gasteiger partial charge in [0.1, 0.15) is 11.4 Å². The van der Waals surface area contributed by atoms with Gasteiger partial charge < -0.3 is 15.2 Å². The molecule has 2 rings (SSSR count). The van der Waals surface area contributed by atoms with Crippen LogP contribution in [0.4, 0.5) is 0 Å². The van der Waals surface area contributed by atoms with Crippen molar-refractivity contribution in [3.05, 3.63) is 51.4 Å². The maximum atomic E-state index is 12.1. The lowest BCUT2D eigenvalue weighted by Gasteiger charge is -2.12. The van der Waals surface area contributed by atoms with Crippen LogP contribution in [0.5, 0.6) is 5.75 Å². The van der Waals surface area contributed by atoms with Crippen molar-refractivity contribution in [1.29, 1.82) is 0 Å². The first-order valence-electron chi connectivity index (χ1n) is 7.13. The normalized spacial score (nSPS) is 10.9. The molecule has 2 aromatic rings. The molecule has 2 N–H and O–H groups in total. The third-order valence-electron chi connectivity index (χ3n) is 3.56. The lowest BCUT2D eigenvalue weighted by atomic mass is 10.1. The van der Waals surface area contributed by atoms with Gasteiger partial charge in [0, 0.05) is 26.3 Å². The molecule has 6 heteroatoms. The Morgan fingerprint density at radius 2 is 2.14 bits per heavy atom. The Labute approximate surface area is 129 Å². The molecule has 0 fully saturated rings. The predicted octanol–water partition coefficient (Wildman–Crippen LogP) is 1.29. The van der Waals surface area contributed by atoms with E-state index in [0.717, 1.165) is 16.8 Å². The summed E-state index contributed by atoms with van der Waals surface area (Å²) >= 11 is 0. The Kier molecular flexibility index (Phi) is 5.30. The Balaban J connectivity index is 2.36. The largest absolute Gasteiger partial charge is 0.506 e. The van der Waals surface area contributed by atoms with Crippen LogP contribution in [-0.4, -0.2) is 35.1 Å². The fraction of sp³-hybridized carbons (Fsp3) is 0.375. The number of methoxy groups -OCH3 is 1. The number of aryl methyl sites for hydroxylation is 1. The zero-order chi connectivity index (χ0) is 16.1. The minimum absolute atomic E-state index is 0.100. The highest BCUT2D eigenvalue weighted by Crippen LogP contribution is 2.17. The molecule has 0 spiro atoms. The number of hydrogen-bond acceptors (Lipinski definition) is 5. The van der Waals surface area contributed by atoms with Crippen LogP contribution < -0.4 is 10.9 Å². The van der Waals surface area contributed by atoms with Crippen molar-refractivity contribution in [3.8, 4) is 11.4 Å². The Hall–Kier alpha value is -2.18. The number of ether oxygens (including phenoxy) is 1. The second-order valence-electron chi connectivity index (χ2n) is 5.11. The van der Waals surface area contributed by atoms with E-state index in [1.807, 2.05) is 32.0 Å². The van der Waals surface area contributed by atoms with Crippen LogP contribution in [0.3, 0.4) is 0 Å². The average Bonchev–Trinajstić information content (AvgIpc) is 2.49. The molecule has 22 heavy (non-hydrogen) atoms. The Bertz CT molecular complexity index is 710. The van der Waals surface area contributed by atoms with Crippen molar-refractivity contribution in [2.24, 2.45) is 0 Å². The Morgan fingerprint density at radius 1 is 1.36 bits per heavy atom. The van der Waals surface area contributed by atoms with E-state index in [1.165, 1.54) is 10.7 Å². The van der Waals surface area contributed by atoms with Crippen molar-refractivity contribution >= 4 is 0 Å². The van der Waals surface area contributed by atoms with Crippen molar-refractivity contribution in [3.63, 3.8) is 0 Å². The summed E-state index contributed by atoms with van der Waals surface area (Å²) in [6.07, 6.45) is 0. The summed E-state index contributed by atoms with van der Waals surface area (Å²) in [5, 5.41) is 17.3. The summed E-state index contributed by atoms with van der Waals surface area (Å²) in [6, 6.07) is 6.91. The van der Waals surface area contributed by atoms with Gasteiger partial charge in [-0.15, -0.1) is 0 Å². The van der Waals surface area contributed by atoms with Gasteiger partial charge in [0.2, 0.25) is 0 Å². The molecule has 1 aromatic carbocycles. The quantitative estimate of drug-likeness (QED) is 0.787. The lowest BCUT2D eigenvalue weighted by molar-refractivity contribution is 0.199. The van der Waals surface area contributed by atoms with Gasteiger partial charge in [-0.3, -0.25) is 4.79 Å². The van der Waals surface area contributed by atoms with E-state index in [-0.39, 0.29) is 11.3 Å². The van der Waals surface area contributed by atoms with E-state index >= 15 is 0 Å². The molecular formula is C16H21N3O3. The topological polar surface area (TPSA) is 76.4 Å². The third-order valence-corrected chi connectivity index (χ3v) is 3.56. The second kappa shape index (κ2) is 7.20. The maximum Gasteiger partial charge on any atom is 0.275 e. The first-order chi connectivity index (χ1) is 10.5. The number of aromatic hydroxyl groups is 1. The smallest absolute Gasteiger partial charge is 0.275 e. The minimum Gasteiger partial charge on any atom is -0.506 e. The zero-order valence-corrected chi connectivity index (χ0v) is 13.1. The monoisotopic (exact) mass is 303 g/mol. The first kappa shape index (κ1) is 16.2. The lowest BCUT2D eigenvalue weighted by Crippen LogP contribution is -2.25.